The minimum Gasteiger partial charge on any atom is -0.465 e. The first-order valence-electron chi connectivity index (χ1n) is 7.90. The molecule has 0 heterocycles. The molecular formula is C16H22BrNO6S. The quantitative estimate of drug-likeness (QED) is 0.553. The van der Waals surface area contributed by atoms with Crippen LogP contribution in [0.4, 0.5) is 0 Å². The van der Waals surface area contributed by atoms with Crippen molar-refractivity contribution in [2.75, 3.05) is 26.3 Å². The van der Waals surface area contributed by atoms with Crippen LogP contribution in [-0.2, 0) is 24.3 Å². The number of esters is 2. The van der Waals surface area contributed by atoms with Gasteiger partial charge in [-0.1, -0.05) is 6.92 Å². The lowest BCUT2D eigenvalue weighted by atomic mass is 10.2. The van der Waals surface area contributed by atoms with Crippen LogP contribution >= 0.6 is 15.9 Å². The summed E-state index contributed by atoms with van der Waals surface area (Å²) in [6.07, 6.45) is 0.539. The largest absolute Gasteiger partial charge is 0.465 e. The molecule has 9 heteroatoms. The van der Waals surface area contributed by atoms with Crippen molar-refractivity contribution in [1.29, 1.82) is 0 Å². The Bertz CT molecular complexity index is 719. The van der Waals surface area contributed by atoms with E-state index >= 15 is 0 Å². The molecule has 1 rings (SSSR count). The van der Waals surface area contributed by atoms with E-state index in [9.17, 15) is 18.0 Å². The standard InChI is InChI=1S/C16H22BrNO6S/c1-4-9-18(11-15(19)23-5-2)25(21,22)14-8-7-12(10-13(14)17)16(20)24-6-3/h7-8,10H,4-6,9,11H2,1-3H3. The summed E-state index contributed by atoms with van der Waals surface area (Å²) >= 11 is 3.19. The normalized spacial score (nSPS) is 11.4. The number of rotatable bonds is 9. The third-order valence-electron chi connectivity index (χ3n) is 3.14. The fourth-order valence-electron chi connectivity index (χ4n) is 2.07. The van der Waals surface area contributed by atoms with Crippen LogP contribution in [0.3, 0.4) is 0 Å². The Morgan fingerprint density at radius 2 is 1.76 bits per heavy atom. The lowest BCUT2D eigenvalue weighted by Crippen LogP contribution is -2.37. The number of ether oxygens (including phenoxy) is 2. The average molecular weight is 436 g/mol. The second kappa shape index (κ2) is 9.88. The number of nitrogens with zero attached hydrogens (tertiary/aromatic N) is 1. The van der Waals surface area contributed by atoms with Gasteiger partial charge in [0.1, 0.15) is 6.54 Å². The molecule has 0 atom stereocenters. The summed E-state index contributed by atoms with van der Waals surface area (Å²) < 4.78 is 36.7. The molecule has 0 aliphatic heterocycles. The molecular weight excluding hydrogens is 414 g/mol. The third-order valence-corrected chi connectivity index (χ3v) is 5.97. The number of carbonyl (C=O) groups is 2. The molecule has 0 bridgehead atoms. The summed E-state index contributed by atoms with van der Waals surface area (Å²) in [5, 5.41) is 0. The van der Waals surface area contributed by atoms with Crippen molar-refractivity contribution in [3.8, 4) is 0 Å². The molecule has 140 valence electrons. The molecule has 0 aliphatic carbocycles. The van der Waals surface area contributed by atoms with Crippen LogP contribution in [0.1, 0.15) is 37.6 Å². The summed E-state index contributed by atoms with van der Waals surface area (Å²) in [6, 6.07) is 4.09. The zero-order valence-corrected chi connectivity index (χ0v) is 16.9. The van der Waals surface area contributed by atoms with Gasteiger partial charge in [-0.25, -0.2) is 13.2 Å². The van der Waals surface area contributed by atoms with Gasteiger partial charge in [-0.05, 0) is 54.4 Å². The van der Waals surface area contributed by atoms with E-state index in [4.69, 9.17) is 9.47 Å². The van der Waals surface area contributed by atoms with E-state index in [1.807, 2.05) is 6.92 Å². The van der Waals surface area contributed by atoms with Gasteiger partial charge in [0.2, 0.25) is 10.0 Å². The highest BCUT2D eigenvalue weighted by molar-refractivity contribution is 9.10. The zero-order chi connectivity index (χ0) is 19.0. The molecule has 0 aromatic heterocycles. The van der Waals surface area contributed by atoms with Gasteiger partial charge in [0.05, 0.1) is 23.7 Å². The summed E-state index contributed by atoms with van der Waals surface area (Å²) in [6.45, 7) is 5.36. The van der Waals surface area contributed by atoms with Crippen molar-refractivity contribution in [2.45, 2.75) is 32.1 Å². The average Bonchev–Trinajstić information content (AvgIpc) is 2.54. The summed E-state index contributed by atoms with van der Waals surface area (Å²) in [4.78, 5) is 23.4. The van der Waals surface area contributed by atoms with Crippen molar-refractivity contribution in [3.05, 3.63) is 28.2 Å². The van der Waals surface area contributed by atoms with Gasteiger partial charge in [-0.15, -0.1) is 0 Å². The van der Waals surface area contributed by atoms with Gasteiger partial charge in [0, 0.05) is 11.0 Å². The topological polar surface area (TPSA) is 90.0 Å². The molecule has 0 saturated heterocycles. The highest BCUT2D eigenvalue weighted by Gasteiger charge is 2.28. The van der Waals surface area contributed by atoms with Crippen LogP contribution in [-0.4, -0.2) is 51.0 Å². The molecule has 0 amide bonds. The Morgan fingerprint density at radius 3 is 2.28 bits per heavy atom. The number of carbonyl (C=O) groups excluding carboxylic acids is 2. The van der Waals surface area contributed by atoms with Gasteiger partial charge in [-0.2, -0.15) is 4.31 Å². The van der Waals surface area contributed by atoms with Gasteiger partial charge < -0.3 is 9.47 Å². The van der Waals surface area contributed by atoms with Crippen molar-refractivity contribution < 1.29 is 27.5 Å². The van der Waals surface area contributed by atoms with Crippen LogP contribution in [0, 0.1) is 0 Å². The maximum Gasteiger partial charge on any atom is 0.338 e. The maximum absolute atomic E-state index is 12.9. The fraction of sp³-hybridized carbons (Fsp3) is 0.500. The van der Waals surface area contributed by atoms with E-state index in [1.54, 1.807) is 13.8 Å². The van der Waals surface area contributed by atoms with Crippen molar-refractivity contribution in [2.24, 2.45) is 0 Å². The highest BCUT2D eigenvalue weighted by Crippen LogP contribution is 2.27. The molecule has 0 aliphatic rings. The minimum absolute atomic E-state index is 0.0294. The number of halogens is 1. The predicted molar refractivity (Wildman–Crippen MR) is 95.8 cm³/mol. The van der Waals surface area contributed by atoms with Gasteiger partial charge >= 0.3 is 11.9 Å². The van der Waals surface area contributed by atoms with Crippen LogP contribution in [0.25, 0.3) is 0 Å². The number of hydrogen-bond donors (Lipinski definition) is 0. The van der Waals surface area contributed by atoms with Crippen molar-refractivity contribution in [3.63, 3.8) is 0 Å². The molecule has 0 unspecified atom stereocenters. The second-order valence-corrected chi connectivity index (χ2v) is 7.77. The lowest BCUT2D eigenvalue weighted by Gasteiger charge is -2.21. The molecule has 0 N–H and O–H groups in total. The first-order chi connectivity index (χ1) is 11.8. The van der Waals surface area contributed by atoms with Crippen LogP contribution in [0.2, 0.25) is 0 Å². The SMILES string of the molecule is CCCN(CC(=O)OCC)S(=O)(=O)c1ccc(C(=O)OCC)cc1Br. The van der Waals surface area contributed by atoms with Crippen LogP contribution in [0.5, 0.6) is 0 Å². The van der Waals surface area contributed by atoms with E-state index in [2.05, 4.69) is 15.9 Å². The smallest absolute Gasteiger partial charge is 0.338 e. The van der Waals surface area contributed by atoms with E-state index in [-0.39, 0.29) is 41.2 Å². The Labute approximate surface area is 156 Å². The monoisotopic (exact) mass is 435 g/mol. The first-order valence-corrected chi connectivity index (χ1v) is 10.1. The first kappa shape index (κ1) is 21.6. The lowest BCUT2D eigenvalue weighted by molar-refractivity contribution is -0.143. The molecule has 1 aromatic carbocycles. The second-order valence-electron chi connectivity index (χ2n) is 5.01. The van der Waals surface area contributed by atoms with Crippen LogP contribution < -0.4 is 0 Å². The summed E-state index contributed by atoms with van der Waals surface area (Å²) in [5.74, 6) is -1.15. The Balaban J connectivity index is 3.16. The predicted octanol–water partition coefficient (Wildman–Crippen LogP) is 2.59. The Kier molecular flexibility index (Phi) is 8.54. The van der Waals surface area contributed by atoms with Gasteiger partial charge in [-0.3, -0.25) is 4.79 Å². The minimum atomic E-state index is -3.93. The van der Waals surface area contributed by atoms with Crippen molar-refractivity contribution in [1.82, 2.24) is 4.31 Å². The summed E-state index contributed by atoms with van der Waals surface area (Å²) in [5.41, 5.74) is 0.236. The molecule has 0 radical (unpaired) electrons. The highest BCUT2D eigenvalue weighted by atomic mass is 79.9. The fourth-order valence-corrected chi connectivity index (χ4v) is 4.59. The number of hydrogen-bond acceptors (Lipinski definition) is 6. The number of benzene rings is 1. The van der Waals surface area contributed by atoms with E-state index in [0.29, 0.717) is 6.42 Å². The molecule has 0 spiro atoms. The van der Waals surface area contributed by atoms with Crippen LogP contribution in [0.15, 0.2) is 27.6 Å². The maximum atomic E-state index is 12.9. The number of sulfonamides is 1. The zero-order valence-electron chi connectivity index (χ0n) is 14.5. The molecule has 0 fully saturated rings. The Hall–Kier alpha value is -1.45. The van der Waals surface area contributed by atoms with E-state index < -0.39 is 22.0 Å². The third kappa shape index (κ3) is 5.79. The summed E-state index contributed by atoms with van der Waals surface area (Å²) in [7, 11) is -3.93. The van der Waals surface area contributed by atoms with Crippen molar-refractivity contribution >= 4 is 37.9 Å². The van der Waals surface area contributed by atoms with Gasteiger partial charge in [0.15, 0.2) is 0 Å². The molecule has 25 heavy (non-hydrogen) atoms. The molecule has 7 nitrogen and oxygen atoms in total. The van der Waals surface area contributed by atoms with E-state index in [0.717, 1.165) is 4.31 Å². The van der Waals surface area contributed by atoms with E-state index in [1.165, 1.54) is 18.2 Å². The molecule has 1 aromatic rings. The van der Waals surface area contributed by atoms with Gasteiger partial charge in [0.25, 0.3) is 0 Å². The molecule has 0 saturated carbocycles. The Morgan fingerprint density at radius 1 is 1.12 bits per heavy atom.